The van der Waals surface area contributed by atoms with E-state index in [0.717, 1.165) is 42.8 Å². The van der Waals surface area contributed by atoms with E-state index in [9.17, 15) is 5.11 Å². The smallest absolute Gasteiger partial charge is 0.120 e. The Morgan fingerprint density at radius 1 is 1.31 bits per heavy atom. The minimum Gasteiger partial charge on any atom is -0.508 e. The summed E-state index contributed by atoms with van der Waals surface area (Å²) < 4.78 is 1.02. The predicted octanol–water partition coefficient (Wildman–Crippen LogP) is 1.95. The lowest BCUT2D eigenvalue weighted by Gasteiger charge is -2.20. The van der Waals surface area contributed by atoms with Crippen molar-refractivity contribution in [1.82, 2.24) is 10.2 Å². The summed E-state index contributed by atoms with van der Waals surface area (Å²) in [6.07, 6.45) is 1.18. The number of halogens is 1. The van der Waals surface area contributed by atoms with Crippen molar-refractivity contribution in [2.24, 2.45) is 0 Å². The van der Waals surface area contributed by atoms with Crippen LogP contribution in [0.5, 0.6) is 5.75 Å². The Balaban J connectivity index is 2.04. The molecular weight excluding hydrogens is 268 g/mol. The minimum absolute atomic E-state index is 0.389. The molecule has 2 N–H and O–H groups in total. The molecule has 16 heavy (non-hydrogen) atoms. The summed E-state index contributed by atoms with van der Waals surface area (Å²) in [5.74, 6) is 0.389. The van der Waals surface area contributed by atoms with E-state index in [4.69, 9.17) is 0 Å². The summed E-state index contributed by atoms with van der Waals surface area (Å²) in [6, 6.07) is 5.60. The monoisotopic (exact) mass is 284 g/mol. The summed E-state index contributed by atoms with van der Waals surface area (Å²) in [5.41, 5.74) is 0.997. The number of nitrogens with one attached hydrogen (secondary N) is 1. The van der Waals surface area contributed by atoms with Crippen LogP contribution in [0, 0.1) is 0 Å². The van der Waals surface area contributed by atoms with E-state index in [-0.39, 0.29) is 0 Å². The number of rotatable bonds is 2. The second-order valence-corrected chi connectivity index (χ2v) is 5.07. The van der Waals surface area contributed by atoms with Gasteiger partial charge in [-0.2, -0.15) is 0 Å². The molecule has 0 atom stereocenters. The summed E-state index contributed by atoms with van der Waals surface area (Å²) >= 11 is 3.43. The summed E-state index contributed by atoms with van der Waals surface area (Å²) in [4.78, 5) is 2.38. The standard InChI is InChI=1S/C12H17BrN2O/c13-11-2-3-12(16)10(8-11)9-15-6-1-4-14-5-7-15/h2-3,8,14,16H,1,4-7,9H2. The fourth-order valence-corrected chi connectivity index (χ4v) is 2.39. The van der Waals surface area contributed by atoms with Crippen molar-refractivity contribution in [2.45, 2.75) is 13.0 Å². The van der Waals surface area contributed by atoms with Crippen LogP contribution >= 0.6 is 15.9 Å². The number of phenols is 1. The number of hydrogen-bond donors (Lipinski definition) is 2. The van der Waals surface area contributed by atoms with Crippen LogP contribution in [0.1, 0.15) is 12.0 Å². The van der Waals surface area contributed by atoms with E-state index in [1.54, 1.807) is 6.07 Å². The second-order valence-electron chi connectivity index (χ2n) is 4.15. The molecule has 3 nitrogen and oxygen atoms in total. The lowest BCUT2D eigenvalue weighted by atomic mass is 10.2. The van der Waals surface area contributed by atoms with Crippen LogP contribution in [0.3, 0.4) is 0 Å². The maximum absolute atomic E-state index is 9.77. The van der Waals surface area contributed by atoms with Crippen molar-refractivity contribution in [2.75, 3.05) is 26.2 Å². The molecule has 0 aromatic heterocycles. The lowest BCUT2D eigenvalue weighted by molar-refractivity contribution is 0.280. The molecule has 0 amide bonds. The Labute approximate surface area is 105 Å². The highest BCUT2D eigenvalue weighted by atomic mass is 79.9. The maximum atomic E-state index is 9.77. The Morgan fingerprint density at radius 2 is 2.19 bits per heavy atom. The Bertz CT molecular complexity index is 349. The molecule has 1 aromatic carbocycles. The van der Waals surface area contributed by atoms with Gasteiger partial charge in [-0.25, -0.2) is 0 Å². The first-order chi connectivity index (χ1) is 7.75. The highest BCUT2D eigenvalue weighted by molar-refractivity contribution is 9.10. The highest BCUT2D eigenvalue weighted by Crippen LogP contribution is 2.23. The van der Waals surface area contributed by atoms with E-state index in [2.05, 4.69) is 26.1 Å². The van der Waals surface area contributed by atoms with Crippen LogP contribution in [0.4, 0.5) is 0 Å². The largest absolute Gasteiger partial charge is 0.508 e. The summed E-state index contributed by atoms with van der Waals surface area (Å²) in [7, 11) is 0. The van der Waals surface area contributed by atoms with Crippen LogP contribution in [-0.4, -0.2) is 36.2 Å². The lowest BCUT2D eigenvalue weighted by Crippen LogP contribution is -2.27. The molecule has 0 saturated carbocycles. The van der Waals surface area contributed by atoms with Crippen LogP contribution < -0.4 is 5.32 Å². The first-order valence-corrected chi connectivity index (χ1v) is 6.45. The van der Waals surface area contributed by atoms with Gasteiger partial charge in [-0.3, -0.25) is 4.90 Å². The molecule has 1 fully saturated rings. The van der Waals surface area contributed by atoms with E-state index in [1.165, 1.54) is 6.42 Å². The van der Waals surface area contributed by atoms with Gasteiger partial charge in [0.1, 0.15) is 5.75 Å². The van der Waals surface area contributed by atoms with Gasteiger partial charge < -0.3 is 10.4 Å². The second kappa shape index (κ2) is 5.66. The third-order valence-electron chi connectivity index (χ3n) is 2.87. The average Bonchev–Trinajstić information content (AvgIpc) is 2.52. The Hall–Kier alpha value is -0.580. The number of benzene rings is 1. The summed E-state index contributed by atoms with van der Waals surface area (Å²) in [6.45, 7) is 5.10. The predicted molar refractivity (Wildman–Crippen MR) is 68.6 cm³/mol. The molecule has 0 spiro atoms. The van der Waals surface area contributed by atoms with Gasteiger partial charge in [-0.15, -0.1) is 0 Å². The average molecular weight is 285 g/mol. The highest BCUT2D eigenvalue weighted by Gasteiger charge is 2.11. The quantitative estimate of drug-likeness (QED) is 0.872. The zero-order valence-electron chi connectivity index (χ0n) is 9.25. The number of aromatic hydroxyl groups is 1. The van der Waals surface area contributed by atoms with Crippen molar-refractivity contribution in [3.63, 3.8) is 0 Å². The molecule has 4 heteroatoms. The maximum Gasteiger partial charge on any atom is 0.120 e. The number of hydrogen-bond acceptors (Lipinski definition) is 3. The molecule has 0 radical (unpaired) electrons. The molecule has 1 aromatic rings. The SMILES string of the molecule is Oc1ccc(Br)cc1CN1CCCNCC1. The van der Waals surface area contributed by atoms with Gasteiger partial charge in [0, 0.05) is 29.7 Å². The first kappa shape index (κ1) is 11.9. The molecule has 0 aliphatic carbocycles. The van der Waals surface area contributed by atoms with E-state index >= 15 is 0 Å². The number of nitrogens with zero attached hydrogens (tertiary/aromatic N) is 1. The van der Waals surface area contributed by atoms with Gasteiger partial charge >= 0.3 is 0 Å². The normalized spacial score (nSPS) is 18.3. The van der Waals surface area contributed by atoms with Crippen LogP contribution in [-0.2, 0) is 6.54 Å². The van der Waals surface area contributed by atoms with Gasteiger partial charge in [0.2, 0.25) is 0 Å². The molecule has 0 bridgehead atoms. The first-order valence-electron chi connectivity index (χ1n) is 5.66. The van der Waals surface area contributed by atoms with Gasteiger partial charge in [0.15, 0.2) is 0 Å². The minimum atomic E-state index is 0.389. The van der Waals surface area contributed by atoms with Crippen molar-refractivity contribution in [3.05, 3.63) is 28.2 Å². The van der Waals surface area contributed by atoms with Crippen LogP contribution in [0.15, 0.2) is 22.7 Å². The molecule has 1 aliphatic rings. The van der Waals surface area contributed by atoms with Gasteiger partial charge in [0.05, 0.1) is 0 Å². The molecule has 1 aliphatic heterocycles. The van der Waals surface area contributed by atoms with Crippen LogP contribution in [0.2, 0.25) is 0 Å². The number of phenolic OH excluding ortho intramolecular Hbond substituents is 1. The van der Waals surface area contributed by atoms with Gasteiger partial charge in [-0.05, 0) is 37.7 Å². The van der Waals surface area contributed by atoms with Crippen molar-refractivity contribution in [3.8, 4) is 5.75 Å². The molecule has 2 rings (SSSR count). The Morgan fingerprint density at radius 3 is 3.06 bits per heavy atom. The van der Waals surface area contributed by atoms with Crippen molar-refractivity contribution < 1.29 is 5.11 Å². The molecule has 1 heterocycles. The van der Waals surface area contributed by atoms with Gasteiger partial charge in [-0.1, -0.05) is 15.9 Å². The third-order valence-corrected chi connectivity index (χ3v) is 3.36. The van der Waals surface area contributed by atoms with Crippen molar-refractivity contribution >= 4 is 15.9 Å². The van der Waals surface area contributed by atoms with E-state index in [0.29, 0.717) is 5.75 Å². The molecule has 88 valence electrons. The fraction of sp³-hybridized carbons (Fsp3) is 0.500. The van der Waals surface area contributed by atoms with E-state index < -0.39 is 0 Å². The molecule has 1 saturated heterocycles. The molecule has 0 unspecified atom stereocenters. The van der Waals surface area contributed by atoms with Crippen molar-refractivity contribution in [1.29, 1.82) is 0 Å². The topological polar surface area (TPSA) is 35.5 Å². The summed E-state index contributed by atoms with van der Waals surface area (Å²) in [5, 5.41) is 13.1. The van der Waals surface area contributed by atoms with E-state index in [1.807, 2.05) is 12.1 Å². The van der Waals surface area contributed by atoms with Crippen LogP contribution in [0.25, 0.3) is 0 Å². The Kier molecular flexibility index (Phi) is 4.21. The fourth-order valence-electron chi connectivity index (χ4n) is 1.98. The zero-order chi connectivity index (χ0) is 11.4. The van der Waals surface area contributed by atoms with Gasteiger partial charge in [0.25, 0.3) is 0 Å². The zero-order valence-corrected chi connectivity index (χ0v) is 10.8. The third kappa shape index (κ3) is 3.20. The molecular formula is C12H17BrN2O.